The molecule has 0 unspecified atom stereocenters. The van der Waals surface area contributed by atoms with Gasteiger partial charge in [-0.3, -0.25) is 4.98 Å². The molecule has 1 saturated carbocycles. The summed E-state index contributed by atoms with van der Waals surface area (Å²) in [6.45, 7) is 5.45. The lowest BCUT2D eigenvalue weighted by molar-refractivity contribution is -0.145. The van der Waals surface area contributed by atoms with Crippen molar-refractivity contribution in [3.05, 3.63) is 60.4 Å². The van der Waals surface area contributed by atoms with Crippen LogP contribution >= 0.6 is 0 Å². The van der Waals surface area contributed by atoms with Crippen molar-refractivity contribution in [1.29, 1.82) is 0 Å². The van der Waals surface area contributed by atoms with E-state index in [4.69, 9.17) is 4.74 Å². The molecule has 2 aliphatic heterocycles. The lowest BCUT2D eigenvalue weighted by atomic mass is 9.87. The molecule has 0 radical (unpaired) electrons. The maximum Gasteiger partial charge on any atom is 0.0889 e. The van der Waals surface area contributed by atoms with Gasteiger partial charge in [0.2, 0.25) is 0 Å². The standard InChI is InChI=1S/C23H29N3O/c1-2-7-21(8-3-1)26-18-22(10-11-22)27-23(19-26)12-16-25(17-13-23)15-9-20-6-4-5-14-24-20/h1-8,14H,9-13,15-19H2. The summed E-state index contributed by atoms with van der Waals surface area (Å²) < 4.78 is 6.80. The number of hydrogen-bond donors (Lipinski definition) is 0. The van der Waals surface area contributed by atoms with E-state index in [1.807, 2.05) is 12.3 Å². The Balaban J connectivity index is 1.23. The molecule has 0 atom stereocenters. The molecule has 2 aromatic rings. The molecule has 142 valence electrons. The number of rotatable bonds is 4. The van der Waals surface area contributed by atoms with E-state index in [9.17, 15) is 0 Å². The largest absolute Gasteiger partial charge is 0.366 e. The third-order valence-electron chi connectivity index (χ3n) is 6.50. The first kappa shape index (κ1) is 17.2. The van der Waals surface area contributed by atoms with Gasteiger partial charge in [-0.1, -0.05) is 24.3 Å². The van der Waals surface area contributed by atoms with Crippen LogP contribution in [0.15, 0.2) is 54.7 Å². The van der Waals surface area contributed by atoms with Crippen LogP contribution < -0.4 is 4.90 Å². The number of benzene rings is 1. The molecule has 27 heavy (non-hydrogen) atoms. The van der Waals surface area contributed by atoms with Crippen molar-refractivity contribution in [2.24, 2.45) is 0 Å². The van der Waals surface area contributed by atoms with Gasteiger partial charge in [0.25, 0.3) is 0 Å². The van der Waals surface area contributed by atoms with E-state index in [1.165, 1.54) is 24.2 Å². The highest BCUT2D eigenvalue weighted by atomic mass is 16.5. The zero-order valence-electron chi connectivity index (χ0n) is 16.0. The van der Waals surface area contributed by atoms with Crippen LogP contribution in [0.4, 0.5) is 5.69 Å². The van der Waals surface area contributed by atoms with Gasteiger partial charge in [0.05, 0.1) is 11.2 Å². The SMILES string of the molecule is c1ccc(N2CC3(CCN(CCc4ccccn4)CC3)OC3(CC3)C2)cc1. The maximum absolute atomic E-state index is 6.80. The highest BCUT2D eigenvalue weighted by molar-refractivity contribution is 5.48. The van der Waals surface area contributed by atoms with Crippen molar-refractivity contribution < 1.29 is 4.74 Å². The number of morpholine rings is 1. The highest BCUT2D eigenvalue weighted by Gasteiger charge is 2.55. The number of anilines is 1. The molecule has 3 fully saturated rings. The van der Waals surface area contributed by atoms with Gasteiger partial charge in [-0.05, 0) is 49.9 Å². The van der Waals surface area contributed by atoms with E-state index in [2.05, 4.69) is 57.2 Å². The second-order valence-electron chi connectivity index (χ2n) is 8.57. The van der Waals surface area contributed by atoms with Gasteiger partial charge in [-0.25, -0.2) is 0 Å². The minimum atomic E-state index is 0.0338. The molecule has 0 amide bonds. The third-order valence-corrected chi connectivity index (χ3v) is 6.50. The summed E-state index contributed by atoms with van der Waals surface area (Å²) in [6, 6.07) is 17.1. The van der Waals surface area contributed by atoms with Gasteiger partial charge >= 0.3 is 0 Å². The van der Waals surface area contributed by atoms with Gasteiger partial charge in [0, 0.05) is 56.7 Å². The summed E-state index contributed by atoms with van der Waals surface area (Å²) in [4.78, 5) is 9.63. The van der Waals surface area contributed by atoms with Gasteiger partial charge in [-0.15, -0.1) is 0 Å². The molecule has 0 N–H and O–H groups in total. The third kappa shape index (κ3) is 3.74. The molecule has 5 rings (SSSR count). The van der Waals surface area contributed by atoms with E-state index in [1.54, 1.807) is 0 Å². The van der Waals surface area contributed by atoms with Crippen molar-refractivity contribution in [3.8, 4) is 0 Å². The molecular formula is C23H29N3O. The lowest BCUT2D eigenvalue weighted by Gasteiger charge is -2.51. The Labute approximate surface area is 162 Å². The zero-order valence-corrected chi connectivity index (χ0v) is 16.0. The molecule has 4 nitrogen and oxygen atoms in total. The Morgan fingerprint density at radius 2 is 1.56 bits per heavy atom. The predicted molar refractivity (Wildman–Crippen MR) is 108 cm³/mol. The van der Waals surface area contributed by atoms with E-state index in [-0.39, 0.29) is 11.2 Å². The normalized spacial score (nSPS) is 23.6. The van der Waals surface area contributed by atoms with E-state index >= 15 is 0 Å². The maximum atomic E-state index is 6.80. The molecule has 1 aromatic carbocycles. The second-order valence-corrected chi connectivity index (χ2v) is 8.57. The number of hydrogen-bond acceptors (Lipinski definition) is 4. The van der Waals surface area contributed by atoms with Crippen molar-refractivity contribution in [2.75, 3.05) is 37.6 Å². The summed E-state index contributed by atoms with van der Waals surface area (Å²) in [7, 11) is 0. The van der Waals surface area contributed by atoms with Crippen molar-refractivity contribution in [3.63, 3.8) is 0 Å². The molecule has 2 spiro atoms. The molecule has 1 aliphatic carbocycles. The molecule has 4 heteroatoms. The first-order valence-corrected chi connectivity index (χ1v) is 10.4. The van der Waals surface area contributed by atoms with E-state index in [0.29, 0.717) is 0 Å². The first-order valence-electron chi connectivity index (χ1n) is 10.4. The summed E-state index contributed by atoms with van der Waals surface area (Å²) in [5.74, 6) is 0. The monoisotopic (exact) mass is 363 g/mol. The Hall–Kier alpha value is -1.91. The first-order chi connectivity index (χ1) is 13.2. The summed E-state index contributed by atoms with van der Waals surface area (Å²) in [6.07, 6.45) is 7.65. The molecule has 2 saturated heterocycles. The smallest absolute Gasteiger partial charge is 0.0889 e. The minimum absolute atomic E-state index is 0.0338. The fourth-order valence-electron chi connectivity index (χ4n) is 4.76. The van der Waals surface area contributed by atoms with E-state index < -0.39 is 0 Å². The van der Waals surface area contributed by atoms with Crippen LogP contribution in [0.1, 0.15) is 31.4 Å². The van der Waals surface area contributed by atoms with Crippen LogP contribution in [-0.2, 0) is 11.2 Å². The summed E-state index contributed by atoms with van der Waals surface area (Å²) in [5, 5.41) is 0. The molecule has 3 aliphatic rings. The number of piperidine rings is 1. The van der Waals surface area contributed by atoms with Gasteiger partial charge in [0.15, 0.2) is 0 Å². The number of para-hydroxylation sites is 1. The van der Waals surface area contributed by atoms with Gasteiger partial charge in [0.1, 0.15) is 0 Å². The fraction of sp³-hybridized carbons (Fsp3) is 0.522. The summed E-state index contributed by atoms with van der Waals surface area (Å²) in [5.41, 5.74) is 2.71. The number of nitrogens with zero attached hydrogens (tertiary/aromatic N) is 3. The van der Waals surface area contributed by atoms with Crippen molar-refractivity contribution >= 4 is 5.69 Å². The Kier molecular flexibility index (Phi) is 4.41. The number of pyridine rings is 1. The second kappa shape index (κ2) is 6.92. The average Bonchev–Trinajstić information content (AvgIpc) is 3.46. The van der Waals surface area contributed by atoms with Crippen LogP contribution in [-0.4, -0.2) is 53.8 Å². The lowest BCUT2D eigenvalue weighted by Crippen LogP contribution is -2.60. The predicted octanol–water partition coefficient (Wildman–Crippen LogP) is 3.53. The highest BCUT2D eigenvalue weighted by Crippen LogP contribution is 2.49. The molecule has 3 heterocycles. The minimum Gasteiger partial charge on any atom is -0.366 e. The van der Waals surface area contributed by atoms with Crippen LogP contribution in [0.2, 0.25) is 0 Å². The molecule has 1 aromatic heterocycles. The zero-order chi connectivity index (χ0) is 18.2. The number of likely N-dealkylation sites (tertiary alicyclic amines) is 1. The van der Waals surface area contributed by atoms with Gasteiger partial charge < -0.3 is 14.5 Å². The summed E-state index contributed by atoms with van der Waals surface area (Å²) >= 11 is 0. The van der Waals surface area contributed by atoms with Crippen LogP contribution in [0.3, 0.4) is 0 Å². The number of ether oxygens (including phenoxy) is 1. The van der Waals surface area contributed by atoms with Crippen LogP contribution in [0.5, 0.6) is 0 Å². The van der Waals surface area contributed by atoms with Crippen LogP contribution in [0, 0.1) is 0 Å². The Morgan fingerprint density at radius 1 is 0.852 bits per heavy atom. The fourth-order valence-corrected chi connectivity index (χ4v) is 4.76. The van der Waals surface area contributed by atoms with Crippen molar-refractivity contribution in [1.82, 2.24) is 9.88 Å². The quantitative estimate of drug-likeness (QED) is 0.831. The van der Waals surface area contributed by atoms with Gasteiger partial charge in [-0.2, -0.15) is 0 Å². The molecule has 0 bridgehead atoms. The Morgan fingerprint density at radius 3 is 2.22 bits per heavy atom. The van der Waals surface area contributed by atoms with Crippen molar-refractivity contribution in [2.45, 2.75) is 43.3 Å². The topological polar surface area (TPSA) is 28.6 Å². The Bertz CT molecular complexity index is 752. The van der Waals surface area contributed by atoms with Crippen LogP contribution in [0.25, 0.3) is 0 Å². The average molecular weight is 364 g/mol. The molecular weight excluding hydrogens is 334 g/mol. The van der Waals surface area contributed by atoms with E-state index in [0.717, 1.165) is 52.0 Å². The number of aromatic nitrogens is 1.